The van der Waals surface area contributed by atoms with Crippen molar-refractivity contribution in [2.24, 2.45) is 0 Å². The Kier molecular flexibility index (Phi) is 24.2. The summed E-state index contributed by atoms with van der Waals surface area (Å²) in [5, 5.41) is 0. The van der Waals surface area contributed by atoms with Gasteiger partial charge in [0.1, 0.15) is 0 Å². The molecule has 0 fully saturated rings. The summed E-state index contributed by atoms with van der Waals surface area (Å²) in [4.78, 5) is 75.6. The quantitative estimate of drug-likeness (QED) is 0.325. The molecule has 17 heavy (non-hydrogen) atoms. The second kappa shape index (κ2) is 13.1. The van der Waals surface area contributed by atoms with Crippen LogP contribution in [0.3, 0.4) is 0 Å². The van der Waals surface area contributed by atoms with Gasteiger partial charge in [-0.2, -0.15) is 15.6 Å². The van der Waals surface area contributed by atoms with Crippen LogP contribution in [0, 0.1) is 0 Å². The summed E-state index contributed by atoms with van der Waals surface area (Å²) < 4.78 is 25.8. The first kappa shape index (κ1) is 31.5. The Bertz CT molecular complexity index is 206. The van der Waals surface area contributed by atoms with E-state index in [1.807, 2.05) is 0 Å². The van der Waals surface area contributed by atoms with Gasteiger partial charge in [-0.25, -0.2) is 0 Å². The topological polar surface area (TPSA) is 256 Å². The molecule has 0 aliphatic rings. The molecule has 0 saturated carbocycles. The van der Waals surface area contributed by atoms with E-state index in [1.54, 1.807) is 0 Å². The number of hydrogen-bond acceptors (Lipinski definition) is 11. The van der Waals surface area contributed by atoms with Crippen molar-refractivity contribution in [3.05, 3.63) is 0 Å². The summed E-state index contributed by atoms with van der Waals surface area (Å²) in [5.74, 6) is 0. The molecule has 0 unspecified atom stereocenters. The molecule has 0 aromatic rings. The van der Waals surface area contributed by atoms with Gasteiger partial charge in [-0.05, 0) is 0 Å². The monoisotopic (exact) mass is 466 g/mol. The first-order chi connectivity index (χ1) is 6.00. The molecule has 0 bridgehead atoms. The fourth-order valence-electron chi connectivity index (χ4n) is 0. The van der Waals surface area contributed by atoms with E-state index in [1.165, 1.54) is 0 Å². The molecular weight excluding hydrogens is 467 g/mol. The summed E-state index contributed by atoms with van der Waals surface area (Å²) in [7, 11) is -15.9. The summed E-state index contributed by atoms with van der Waals surface area (Å²) in [6, 6.07) is 0. The molecule has 0 aromatic heterocycles. The molecule has 0 aromatic carbocycles. The predicted octanol–water partition coefficient (Wildman–Crippen LogP) is -7.85. The van der Waals surface area contributed by atoms with Gasteiger partial charge in [-0.1, -0.05) is 0 Å². The summed E-state index contributed by atoms with van der Waals surface area (Å²) in [6.07, 6.45) is 0. The minimum absolute atomic E-state index is 0. The Hall–Kier alpha value is 2.10. The molecule has 0 spiro atoms. The van der Waals surface area contributed by atoms with Crippen molar-refractivity contribution in [1.82, 2.24) is 0 Å². The molecule has 0 aliphatic carbocycles. The molecule has 12 nitrogen and oxygen atoms in total. The fraction of sp³-hybridized carbons (Fsp3) is 0. The third kappa shape index (κ3) is 1070. The van der Waals surface area contributed by atoms with Gasteiger partial charge in [0, 0.05) is 0 Å². The first-order valence-electron chi connectivity index (χ1n) is 2.21. The smallest absolute Gasteiger partial charge is 0.822 e. The van der Waals surface area contributed by atoms with Gasteiger partial charge in [0.2, 0.25) is 0 Å². The molecule has 96 valence electrons. The molecule has 0 radical (unpaired) electrons. The Morgan fingerprint density at radius 3 is 0.588 bits per heavy atom. The van der Waals surface area contributed by atoms with Crippen molar-refractivity contribution in [2.75, 3.05) is 0 Å². The predicted molar refractivity (Wildman–Crippen MR) is 25.0 cm³/mol. The number of rotatable bonds is 0. The van der Waals surface area contributed by atoms with Gasteiger partial charge in [0.15, 0.2) is 0 Å². The van der Waals surface area contributed by atoms with Gasteiger partial charge in [0.05, 0.1) is 7.82 Å². The van der Waals surface area contributed by atoms with Crippen molar-refractivity contribution in [2.45, 2.75) is 0 Å². The molecule has 1 N–H and O–H groups in total. The maximum atomic E-state index is 8.66. The molecule has 0 rings (SSSR count). The van der Waals surface area contributed by atoms with Crippen LogP contribution >= 0.6 is 23.5 Å². The molecule has 0 amide bonds. The van der Waals surface area contributed by atoms with Crippen LogP contribution in [-0.2, 0) is 66.1 Å². The van der Waals surface area contributed by atoms with E-state index in [2.05, 4.69) is 0 Å². The van der Waals surface area contributed by atoms with Gasteiger partial charge < -0.3 is 57.7 Å². The molecule has 0 aliphatic heterocycles. The maximum absolute atomic E-state index is 8.66. The second-order valence-electron chi connectivity index (χ2n) is 1.36. The van der Waals surface area contributed by atoms with Crippen molar-refractivity contribution in [3.8, 4) is 0 Å². The zero-order valence-corrected chi connectivity index (χ0v) is 14.9. The Morgan fingerprint density at radius 2 is 0.588 bits per heavy atom. The summed E-state index contributed by atoms with van der Waals surface area (Å²) in [6.45, 7) is 0. The summed E-state index contributed by atoms with van der Waals surface area (Å²) >= 11 is 0. The zero-order chi connectivity index (χ0) is 13.5. The molecule has 0 saturated heterocycles. The van der Waals surface area contributed by atoms with Gasteiger partial charge in [-0.15, -0.1) is 0 Å². The Morgan fingerprint density at radius 1 is 0.588 bits per heavy atom. The van der Waals surface area contributed by atoms with Crippen LogP contribution in [0.15, 0.2) is 0 Å². The zero-order valence-electron chi connectivity index (χ0n) is 7.28. The van der Waals surface area contributed by atoms with Gasteiger partial charge in [-0.3, -0.25) is 0 Å². The van der Waals surface area contributed by atoms with E-state index < -0.39 is 23.5 Å². The average molecular weight is 468 g/mol. The minimum atomic E-state index is -5.39. The van der Waals surface area contributed by atoms with E-state index >= 15 is 0 Å². The van der Waals surface area contributed by atoms with Crippen molar-refractivity contribution in [3.63, 3.8) is 0 Å². The van der Waals surface area contributed by atoms with Crippen LogP contribution in [0.4, 0.5) is 0 Å². The van der Waals surface area contributed by atoms with E-state index in [4.69, 9.17) is 57.7 Å². The molecule has 0 atom stereocenters. The van der Waals surface area contributed by atoms with Crippen LogP contribution in [0.5, 0.6) is 0 Å². The van der Waals surface area contributed by atoms with Crippen LogP contribution < -0.4 is 39.1 Å². The Labute approximate surface area is 133 Å². The molecule has 17 heteroatoms. The summed E-state index contributed by atoms with van der Waals surface area (Å²) in [5.41, 5.74) is 0. The standard InChI is InChI=1S/3H3O4P.2Zr/c3*1-5(2,3)4;;/h3*(H3,1,2,3,4);;/q;;;2*+4/p-8. The molecule has 0 heterocycles. The van der Waals surface area contributed by atoms with Crippen LogP contribution in [0.2, 0.25) is 0 Å². The van der Waals surface area contributed by atoms with Gasteiger partial charge >= 0.3 is 52.4 Å². The average Bonchev–Trinajstić information content (AvgIpc) is 1.41. The van der Waals surface area contributed by atoms with Crippen molar-refractivity contribution in [1.29, 1.82) is 0 Å². The third-order valence-electron chi connectivity index (χ3n) is 0. The van der Waals surface area contributed by atoms with Crippen LogP contribution in [0.25, 0.3) is 0 Å². The maximum Gasteiger partial charge on any atom is 4.00 e. The third-order valence-corrected chi connectivity index (χ3v) is 0. The first-order valence-corrected chi connectivity index (χ1v) is 6.62. The van der Waals surface area contributed by atoms with E-state index in [-0.39, 0.29) is 52.4 Å². The minimum Gasteiger partial charge on any atom is -0.822 e. The van der Waals surface area contributed by atoms with Crippen molar-refractivity contribution >= 4 is 23.5 Å². The number of hydrogen-bond donors (Lipinski definition) is 1. The van der Waals surface area contributed by atoms with Crippen molar-refractivity contribution < 1.29 is 110 Å². The number of phosphoric acid groups is 3. The van der Waals surface area contributed by atoms with Crippen LogP contribution in [-0.4, -0.2) is 4.89 Å². The van der Waals surface area contributed by atoms with Crippen LogP contribution in [0.1, 0.15) is 0 Å². The van der Waals surface area contributed by atoms with Gasteiger partial charge in [0.25, 0.3) is 0 Å². The normalized spacial score (nSPS) is 10.4. The molecular formula is HO12P3Zr2. The SMILES string of the molecule is O=P([O-])([O-])O.O=P([O-])([O-])[O-].O=P([O-])([O-])[O-].[Zr+4].[Zr+4]. The second-order valence-corrected chi connectivity index (χ2v) is 4.09. The fourth-order valence-corrected chi connectivity index (χ4v) is 0. The van der Waals surface area contributed by atoms with E-state index in [0.717, 1.165) is 0 Å². The van der Waals surface area contributed by atoms with E-state index in [0.29, 0.717) is 0 Å². The largest absolute Gasteiger partial charge is 4.00 e. The Balaban J connectivity index is -0.0000000400. The van der Waals surface area contributed by atoms with E-state index in [9.17, 15) is 0 Å².